The zero-order valence-corrected chi connectivity index (χ0v) is 13.6. The minimum Gasteiger partial charge on any atom is -0.423 e. The van der Waals surface area contributed by atoms with Gasteiger partial charge in [-0.15, -0.1) is 0 Å². The van der Waals surface area contributed by atoms with Crippen LogP contribution in [0.15, 0.2) is 36.7 Å². The molecule has 1 aliphatic carbocycles. The first-order chi connectivity index (χ1) is 11.6. The van der Waals surface area contributed by atoms with Crippen LogP contribution in [0.4, 0.5) is 0 Å². The number of nitrogens with zero attached hydrogens (tertiary/aromatic N) is 3. The molecule has 3 aromatic rings. The molecule has 1 fully saturated rings. The number of aromatic nitrogens is 3. The summed E-state index contributed by atoms with van der Waals surface area (Å²) in [6.07, 6.45) is 5.76. The number of pyridine rings is 1. The van der Waals surface area contributed by atoms with E-state index < -0.39 is 5.97 Å². The van der Waals surface area contributed by atoms with Crippen LogP contribution in [0.2, 0.25) is 0 Å². The van der Waals surface area contributed by atoms with Crippen LogP contribution in [0.25, 0.3) is 10.8 Å². The van der Waals surface area contributed by atoms with Gasteiger partial charge in [-0.2, -0.15) is 0 Å². The van der Waals surface area contributed by atoms with Crippen molar-refractivity contribution in [2.75, 3.05) is 0 Å². The van der Waals surface area contributed by atoms with E-state index in [0.717, 1.165) is 29.4 Å². The van der Waals surface area contributed by atoms with Crippen LogP contribution in [0.1, 0.15) is 46.3 Å². The van der Waals surface area contributed by atoms with Crippen LogP contribution in [-0.4, -0.2) is 20.9 Å². The molecule has 4 rings (SSSR count). The molecule has 5 nitrogen and oxygen atoms in total. The fourth-order valence-corrected chi connectivity index (χ4v) is 2.84. The number of aryl methyl sites for hydroxylation is 2. The largest absolute Gasteiger partial charge is 0.423 e. The molecule has 120 valence electrons. The van der Waals surface area contributed by atoms with E-state index in [1.54, 1.807) is 18.5 Å². The fraction of sp³-hybridized carbons (Fsp3) is 0.263. The first-order valence-electron chi connectivity index (χ1n) is 8.03. The standard InChI is InChI=1S/C19H17N3O2/c1-11-17(12(2)22-18(21-11)13-3-4-13)19(23)24-16-6-5-15-10-20-8-7-14(15)9-16/h5-10,13H,3-4H2,1-2H3. The maximum atomic E-state index is 12.6. The Hall–Kier alpha value is -2.82. The van der Waals surface area contributed by atoms with Crippen LogP contribution in [0, 0.1) is 13.8 Å². The maximum Gasteiger partial charge on any atom is 0.347 e. The number of fused-ring (bicyclic) bond motifs is 1. The molecule has 0 saturated heterocycles. The molecule has 0 N–H and O–H groups in total. The smallest absolute Gasteiger partial charge is 0.347 e. The molecular formula is C19H17N3O2. The zero-order valence-electron chi connectivity index (χ0n) is 13.6. The van der Waals surface area contributed by atoms with Crippen LogP contribution in [0.5, 0.6) is 5.75 Å². The van der Waals surface area contributed by atoms with Gasteiger partial charge >= 0.3 is 5.97 Å². The number of carbonyl (C=O) groups excluding carboxylic acids is 1. The van der Waals surface area contributed by atoms with Gasteiger partial charge in [-0.25, -0.2) is 14.8 Å². The summed E-state index contributed by atoms with van der Waals surface area (Å²) in [4.78, 5) is 25.6. The van der Waals surface area contributed by atoms with Crippen LogP contribution < -0.4 is 4.74 Å². The predicted octanol–water partition coefficient (Wildman–Crippen LogP) is 3.74. The highest BCUT2D eigenvalue weighted by Crippen LogP contribution is 2.38. The van der Waals surface area contributed by atoms with E-state index in [1.165, 1.54) is 0 Å². The maximum absolute atomic E-state index is 12.6. The molecular weight excluding hydrogens is 302 g/mol. The Kier molecular flexibility index (Phi) is 3.49. The number of esters is 1. The monoisotopic (exact) mass is 319 g/mol. The van der Waals surface area contributed by atoms with Gasteiger partial charge in [0.2, 0.25) is 0 Å². The van der Waals surface area contributed by atoms with Crippen LogP contribution >= 0.6 is 0 Å². The minimum atomic E-state index is -0.416. The van der Waals surface area contributed by atoms with Gasteiger partial charge in [0.25, 0.3) is 0 Å². The SMILES string of the molecule is Cc1nc(C2CC2)nc(C)c1C(=O)Oc1ccc2cnccc2c1. The number of ether oxygens (including phenoxy) is 1. The van der Waals surface area contributed by atoms with Gasteiger partial charge in [0.05, 0.1) is 11.4 Å². The molecule has 0 spiro atoms. The second-order valence-corrected chi connectivity index (χ2v) is 6.18. The molecule has 1 saturated carbocycles. The van der Waals surface area contributed by atoms with Crippen molar-refractivity contribution in [1.29, 1.82) is 0 Å². The van der Waals surface area contributed by atoms with E-state index in [-0.39, 0.29) is 0 Å². The Morgan fingerprint density at radius 3 is 2.54 bits per heavy atom. The predicted molar refractivity (Wildman–Crippen MR) is 90.2 cm³/mol. The van der Waals surface area contributed by atoms with E-state index in [4.69, 9.17) is 4.74 Å². The molecule has 0 aliphatic heterocycles. The van der Waals surface area contributed by atoms with Crippen LogP contribution in [0.3, 0.4) is 0 Å². The number of rotatable bonds is 3. The van der Waals surface area contributed by atoms with Gasteiger partial charge in [-0.05, 0) is 56.3 Å². The quantitative estimate of drug-likeness (QED) is 0.543. The van der Waals surface area contributed by atoms with Gasteiger partial charge in [0.1, 0.15) is 17.1 Å². The van der Waals surface area contributed by atoms with E-state index in [9.17, 15) is 4.79 Å². The molecule has 5 heteroatoms. The Bertz CT molecular complexity index is 925. The highest BCUT2D eigenvalue weighted by atomic mass is 16.5. The van der Waals surface area contributed by atoms with E-state index in [2.05, 4.69) is 15.0 Å². The molecule has 24 heavy (non-hydrogen) atoms. The molecule has 1 aliphatic rings. The first kappa shape index (κ1) is 14.8. The third-order valence-corrected chi connectivity index (χ3v) is 4.26. The van der Waals surface area contributed by atoms with Crippen molar-refractivity contribution in [2.24, 2.45) is 0 Å². The first-order valence-corrected chi connectivity index (χ1v) is 8.03. The van der Waals surface area contributed by atoms with Crippen molar-refractivity contribution < 1.29 is 9.53 Å². The number of hydrogen-bond donors (Lipinski definition) is 0. The fourth-order valence-electron chi connectivity index (χ4n) is 2.84. The summed E-state index contributed by atoms with van der Waals surface area (Å²) in [7, 11) is 0. The third kappa shape index (κ3) is 2.73. The van der Waals surface area contributed by atoms with Crippen molar-refractivity contribution in [1.82, 2.24) is 15.0 Å². The number of carbonyl (C=O) groups is 1. The molecule has 1 aromatic carbocycles. The van der Waals surface area contributed by atoms with Crippen molar-refractivity contribution in [3.05, 3.63) is 59.4 Å². The van der Waals surface area contributed by atoms with Gasteiger partial charge in [-0.1, -0.05) is 0 Å². The Morgan fingerprint density at radius 2 is 1.83 bits per heavy atom. The minimum absolute atomic E-state index is 0.416. The lowest BCUT2D eigenvalue weighted by molar-refractivity contribution is 0.0732. The summed E-state index contributed by atoms with van der Waals surface area (Å²) in [5.74, 6) is 1.39. The normalized spacial score (nSPS) is 13.9. The molecule has 0 radical (unpaired) electrons. The molecule has 2 aromatic heterocycles. The third-order valence-electron chi connectivity index (χ3n) is 4.26. The van der Waals surface area contributed by atoms with Crippen molar-refractivity contribution >= 4 is 16.7 Å². The lowest BCUT2D eigenvalue weighted by Crippen LogP contribution is -2.15. The molecule has 0 atom stereocenters. The average molecular weight is 319 g/mol. The lowest BCUT2D eigenvalue weighted by Gasteiger charge is -2.10. The summed E-state index contributed by atoms with van der Waals surface area (Å²) in [6, 6.07) is 7.37. The summed E-state index contributed by atoms with van der Waals surface area (Å²) in [6.45, 7) is 3.67. The van der Waals surface area contributed by atoms with Gasteiger partial charge in [0, 0.05) is 23.7 Å². The summed E-state index contributed by atoms with van der Waals surface area (Å²) in [5, 5.41) is 1.98. The Balaban J connectivity index is 1.63. The second kappa shape index (κ2) is 5.67. The molecule has 0 bridgehead atoms. The average Bonchev–Trinajstić information content (AvgIpc) is 3.39. The summed E-state index contributed by atoms with van der Waals surface area (Å²) >= 11 is 0. The van der Waals surface area contributed by atoms with Gasteiger partial charge in [-0.3, -0.25) is 4.98 Å². The Morgan fingerprint density at radius 1 is 1.08 bits per heavy atom. The van der Waals surface area contributed by atoms with E-state index in [1.807, 2.05) is 32.0 Å². The van der Waals surface area contributed by atoms with E-state index >= 15 is 0 Å². The molecule has 0 amide bonds. The highest BCUT2D eigenvalue weighted by molar-refractivity contribution is 5.94. The topological polar surface area (TPSA) is 65.0 Å². The number of hydrogen-bond acceptors (Lipinski definition) is 5. The van der Waals surface area contributed by atoms with Crippen molar-refractivity contribution in [2.45, 2.75) is 32.6 Å². The molecule has 2 heterocycles. The second-order valence-electron chi connectivity index (χ2n) is 6.18. The molecule has 0 unspecified atom stereocenters. The van der Waals surface area contributed by atoms with Crippen LogP contribution in [-0.2, 0) is 0 Å². The lowest BCUT2D eigenvalue weighted by atomic mass is 10.1. The van der Waals surface area contributed by atoms with Gasteiger partial charge < -0.3 is 4.74 Å². The Labute approximate surface area is 139 Å². The highest BCUT2D eigenvalue weighted by Gasteiger charge is 2.28. The number of benzene rings is 1. The zero-order chi connectivity index (χ0) is 16.7. The summed E-state index contributed by atoms with van der Waals surface area (Å²) in [5.41, 5.74) is 1.81. The van der Waals surface area contributed by atoms with Crippen molar-refractivity contribution in [3.63, 3.8) is 0 Å². The van der Waals surface area contributed by atoms with E-state index in [0.29, 0.717) is 28.6 Å². The summed E-state index contributed by atoms with van der Waals surface area (Å²) < 4.78 is 5.55. The van der Waals surface area contributed by atoms with Crippen molar-refractivity contribution in [3.8, 4) is 5.75 Å². The van der Waals surface area contributed by atoms with Gasteiger partial charge in [0.15, 0.2) is 0 Å².